The normalized spacial score (nSPS) is 10.5. The number of nitrogens with zero attached hydrogens (tertiary/aromatic N) is 2. The van der Waals surface area contributed by atoms with Gasteiger partial charge in [-0.25, -0.2) is 9.48 Å². The second-order valence-corrected chi connectivity index (χ2v) is 7.26. The second-order valence-electron chi connectivity index (χ2n) is 6.50. The highest BCUT2D eigenvalue weighted by Crippen LogP contribution is 2.23. The molecule has 0 fully saturated rings. The van der Waals surface area contributed by atoms with E-state index in [2.05, 4.69) is 20.5 Å². The van der Waals surface area contributed by atoms with Crippen LogP contribution in [0.3, 0.4) is 0 Å². The van der Waals surface area contributed by atoms with Crippen LogP contribution in [0.15, 0.2) is 48.5 Å². The van der Waals surface area contributed by atoms with E-state index in [1.54, 1.807) is 41.9 Å². The Balaban J connectivity index is 1.66. The fourth-order valence-electron chi connectivity index (χ4n) is 2.85. The van der Waals surface area contributed by atoms with Crippen LogP contribution in [-0.4, -0.2) is 28.9 Å². The Morgan fingerprint density at radius 3 is 2.47 bits per heavy atom. The zero-order chi connectivity index (χ0) is 21.7. The summed E-state index contributed by atoms with van der Waals surface area (Å²) >= 11 is 12.6. The van der Waals surface area contributed by atoms with E-state index in [-0.39, 0.29) is 11.1 Å². The lowest BCUT2D eigenvalue weighted by atomic mass is 10.2. The fraction of sp³-hybridized carbons (Fsp3) is 0.190. The number of aryl methyl sites for hydroxylation is 1. The monoisotopic (exact) mass is 446 g/mol. The van der Waals surface area contributed by atoms with Crippen molar-refractivity contribution in [1.82, 2.24) is 15.1 Å². The number of hydrogen-bond donors (Lipinski definition) is 2. The molecule has 30 heavy (non-hydrogen) atoms. The van der Waals surface area contributed by atoms with Crippen LogP contribution in [0.2, 0.25) is 10.2 Å². The van der Waals surface area contributed by atoms with Crippen LogP contribution in [0.1, 0.15) is 27.2 Å². The minimum Gasteiger partial charge on any atom is -0.453 e. The number of halogens is 2. The van der Waals surface area contributed by atoms with Crippen LogP contribution in [0.4, 0.5) is 10.5 Å². The molecule has 3 rings (SSSR count). The molecule has 0 bridgehead atoms. The summed E-state index contributed by atoms with van der Waals surface area (Å²) in [6.07, 6.45) is -0.546. The number of carbonyl (C=O) groups is 2. The van der Waals surface area contributed by atoms with Gasteiger partial charge in [-0.15, -0.1) is 0 Å². The van der Waals surface area contributed by atoms with Gasteiger partial charge in [0.1, 0.15) is 5.15 Å². The number of hydrogen-bond acceptors (Lipinski definition) is 4. The minimum atomic E-state index is -0.546. The Hall–Kier alpha value is -3.03. The maximum atomic E-state index is 12.7. The Bertz CT molecular complexity index is 1060. The van der Waals surface area contributed by atoms with Gasteiger partial charge in [0.2, 0.25) is 0 Å². The number of amides is 2. The van der Waals surface area contributed by atoms with Gasteiger partial charge in [-0.2, -0.15) is 5.10 Å². The maximum Gasteiger partial charge on any atom is 0.411 e. The van der Waals surface area contributed by atoms with Gasteiger partial charge in [0.25, 0.3) is 5.91 Å². The largest absolute Gasteiger partial charge is 0.453 e. The van der Waals surface area contributed by atoms with Crippen molar-refractivity contribution >= 4 is 40.9 Å². The van der Waals surface area contributed by atoms with Gasteiger partial charge in [-0.05, 0) is 36.2 Å². The van der Waals surface area contributed by atoms with E-state index < -0.39 is 6.09 Å². The molecule has 0 radical (unpaired) electrons. The summed E-state index contributed by atoms with van der Waals surface area (Å²) in [4.78, 5) is 23.9. The number of nitrogens with one attached hydrogen (secondary N) is 2. The Kier molecular flexibility index (Phi) is 6.97. The molecule has 1 aromatic heterocycles. The number of benzene rings is 2. The van der Waals surface area contributed by atoms with Crippen LogP contribution in [0.5, 0.6) is 0 Å². The van der Waals surface area contributed by atoms with Crippen LogP contribution >= 0.6 is 23.2 Å². The lowest BCUT2D eigenvalue weighted by Gasteiger charge is -2.08. The maximum absolute atomic E-state index is 12.7. The smallest absolute Gasteiger partial charge is 0.411 e. The first kappa shape index (κ1) is 21.7. The molecular formula is C21H20Cl2N4O3. The molecule has 156 valence electrons. The lowest BCUT2D eigenvalue weighted by Crippen LogP contribution is -2.23. The SMILES string of the molecule is COC(=O)Nc1ccc(CNC(=O)c2c(C)nn(Cc3ccccc3Cl)c2Cl)cc1. The number of anilines is 1. The topological polar surface area (TPSA) is 85.2 Å². The molecule has 2 aromatic carbocycles. The first-order chi connectivity index (χ1) is 14.4. The quantitative estimate of drug-likeness (QED) is 0.576. The van der Waals surface area contributed by atoms with Gasteiger partial charge >= 0.3 is 6.09 Å². The Morgan fingerprint density at radius 1 is 1.10 bits per heavy atom. The first-order valence-corrected chi connectivity index (χ1v) is 9.83. The van der Waals surface area contributed by atoms with Crippen LogP contribution < -0.4 is 10.6 Å². The molecule has 3 aromatic rings. The molecule has 0 spiro atoms. The van der Waals surface area contributed by atoms with Crippen molar-refractivity contribution in [2.75, 3.05) is 12.4 Å². The highest BCUT2D eigenvalue weighted by atomic mass is 35.5. The fourth-order valence-corrected chi connectivity index (χ4v) is 3.37. The molecule has 0 unspecified atom stereocenters. The average Bonchev–Trinajstić information content (AvgIpc) is 3.02. The van der Waals surface area contributed by atoms with Crippen LogP contribution in [0.25, 0.3) is 0 Å². The predicted molar refractivity (Wildman–Crippen MR) is 116 cm³/mol. The van der Waals surface area contributed by atoms with E-state index >= 15 is 0 Å². The Morgan fingerprint density at radius 2 is 1.80 bits per heavy atom. The summed E-state index contributed by atoms with van der Waals surface area (Å²) in [7, 11) is 1.29. The predicted octanol–water partition coefficient (Wildman–Crippen LogP) is 4.65. The molecule has 2 N–H and O–H groups in total. The van der Waals surface area contributed by atoms with Crippen molar-refractivity contribution in [3.05, 3.63) is 81.1 Å². The van der Waals surface area contributed by atoms with Crippen LogP contribution in [-0.2, 0) is 17.8 Å². The molecule has 0 aliphatic heterocycles. The van der Waals surface area contributed by atoms with Crippen molar-refractivity contribution in [2.45, 2.75) is 20.0 Å². The van der Waals surface area contributed by atoms with E-state index in [1.165, 1.54) is 7.11 Å². The third-order valence-electron chi connectivity index (χ3n) is 4.41. The van der Waals surface area contributed by atoms with Crippen molar-refractivity contribution < 1.29 is 14.3 Å². The van der Waals surface area contributed by atoms with Crippen molar-refractivity contribution in [1.29, 1.82) is 0 Å². The molecule has 0 atom stereocenters. The van der Waals surface area contributed by atoms with Gasteiger partial charge in [0, 0.05) is 17.3 Å². The zero-order valence-corrected chi connectivity index (χ0v) is 17.9. The summed E-state index contributed by atoms with van der Waals surface area (Å²) in [5.74, 6) is -0.320. The Labute approximate surface area is 183 Å². The van der Waals surface area contributed by atoms with Gasteiger partial charge in [-0.1, -0.05) is 53.5 Å². The third kappa shape index (κ3) is 5.11. The van der Waals surface area contributed by atoms with Gasteiger partial charge in [0.15, 0.2) is 0 Å². The molecule has 7 nitrogen and oxygen atoms in total. The summed E-state index contributed by atoms with van der Waals surface area (Å²) < 4.78 is 6.10. The molecule has 0 aliphatic rings. The molecule has 0 saturated carbocycles. The summed E-state index contributed by atoms with van der Waals surface area (Å²) in [6, 6.07) is 14.4. The number of aromatic nitrogens is 2. The molecule has 2 amide bonds. The molecule has 1 heterocycles. The lowest BCUT2D eigenvalue weighted by molar-refractivity contribution is 0.0950. The molecule has 0 saturated heterocycles. The van der Waals surface area contributed by atoms with Crippen LogP contribution in [0, 0.1) is 6.92 Å². The third-order valence-corrected chi connectivity index (χ3v) is 5.16. The number of methoxy groups -OCH3 is 1. The van der Waals surface area contributed by atoms with Gasteiger partial charge < -0.3 is 10.1 Å². The zero-order valence-electron chi connectivity index (χ0n) is 16.4. The molecule has 0 aliphatic carbocycles. The number of carbonyl (C=O) groups excluding carboxylic acids is 2. The highest BCUT2D eigenvalue weighted by molar-refractivity contribution is 6.33. The average molecular weight is 447 g/mol. The summed E-state index contributed by atoms with van der Waals surface area (Å²) in [5, 5.41) is 10.7. The van der Waals surface area contributed by atoms with Gasteiger partial charge in [-0.3, -0.25) is 10.1 Å². The minimum absolute atomic E-state index is 0.252. The molecule has 9 heteroatoms. The van der Waals surface area contributed by atoms with E-state index in [9.17, 15) is 9.59 Å². The van der Waals surface area contributed by atoms with Gasteiger partial charge in [0.05, 0.1) is 24.9 Å². The summed E-state index contributed by atoms with van der Waals surface area (Å²) in [6.45, 7) is 2.39. The number of ether oxygens (including phenoxy) is 1. The van der Waals surface area contributed by atoms with Crippen molar-refractivity contribution in [2.24, 2.45) is 0 Å². The van der Waals surface area contributed by atoms with E-state index in [0.717, 1.165) is 11.1 Å². The summed E-state index contributed by atoms with van der Waals surface area (Å²) in [5.41, 5.74) is 3.17. The number of rotatable bonds is 6. The van der Waals surface area contributed by atoms with E-state index in [1.807, 2.05) is 18.2 Å². The highest BCUT2D eigenvalue weighted by Gasteiger charge is 2.20. The second kappa shape index (κ2) is 9.65. The van der Waals surface area contributed by atoms with E-state index in [0.29, 0.717) is 35.1 Å². The first-order valence-electron chi connectivity index (χ1n) is 9.07. The van der Waals surface area contributed by atoms with Crippen molar-refractivity contribution in [3.8, 4) is 0 Å². The molecular weight excluding hydrogens is 427 g/mol. The van der Waals surface area contributed by atoms with E-state index in [4.69, 9.17) is 23.2 Å². The van der Waals surface area contributed by atoms with Crippen molar-refractivity contribution in [3.63, 3.8) is 0 Å². The standard InChI is InChI=1S/C21H20Cl2N4O3/c1-13-18(19(23)27(26-13)12-15-5-3-4-6-17(15)22)20(28)24-11-14-7-9-16(10-8-14)25-21(29)30-2/h3-10H,11-12H2,1-2H3,(H,24,28)(H,25,29).